The lowest BCUT2D eigenvalue weighted by atomic mass is 10.2. The van der Waals surface area contributed by atoms with Gasteiger partial charge in [-0.25, -0.2) is 9.78 Å². The van der Waals surface area contributed by atoms with Gasteiger partial charge in [-0.15, -0.1) is 0 Å². The first-order valence-electron chi connectivity index (χ1n) is 5.38. The molecule has 2 rings (SSSR count). The van der Waals surface area contributed by atoms with E-state index in [0.29, 0.717) is 6.42 Å². The minimum absolute atomic E-state index is 0.0716. The van der Waals surface area contributed by atoms with Crippen LogP contribution in [0.2, 0.25) is 0 Å². The lowest BCUT2D eigenvalue weighted by Gasteiger charge is -2.11. The van der Waals surface area contributed by atoms with Gasteiger partial charge in [-0.3, -0.25) is 4.79 Å². The molecule has 6 nitrogen and oxygen atoms in total. The van der Waals surface area contributed by atoms with Gasteiger partial charge in [0, 0.05) is 0 Å². The summed E-state index contributed by atoms with van der Waals surface area (Å²) in [4.78, 5) is 25.8. The predicted octanol–water partition coefficient (Wildman–Crippen LogP) is 0.791. The van der Waals surface area contributed by atoms with Crippen LogP contribution in [0, 0.1) is 5.95 Å². The van der Waals surface area contributed by atoms with Crippen molar-refractivity contribution < 1.29 is 23.8 Å². The standard InChI is InChI=1S/C11H11FN2O4/c12-8-2-1-3-9(13-8)14-10(15)6-4-5-7(18-6)11(16)17/h1-3,6-7H,4-5H2,(H,16,17)(H,13,14,15)/t6-,7+/m0/s1. The molecule has 0 saturated carbocycles. The third kappa shape index (κ3) is 2.80. The molecule has 1 saturated heterocycles. The zero-order chi connectivity index (χ0) is 13.1. The highest BCUT2D eigenvalue weighted by molar-refractivity contribution is 5.93. The average Bonchev–Trinajstić information content (AvgIpc) is 2.78. The van der Waals surface area contributed by atoms with E-state index in [1.807, 2.05) is 0 Å². The molecule has 0 radical (unpaired) electrons. The summed E-state index contributed by atoms with van der Waals surface area (Å²) in [6.07, 6.45) is -1.19. The lowest BCUT2D eigenvalue weighted by molar-refractivity contribution is -0.150. The molecule has 2 N–H and O–H groups in total. The molecule has 1 aliphatic rings. The zero-order valence-electron chi connectivity index (χ0n) is 9.30. The molecule has 0 aromatic carbocycles. The van der Waals surface area contributed by atoms with Gasteiger partial charge < -0.3 is 15.2 Å². The Bertz CT molecular complexity index is 480. The molecular formula is C11H11FN2O4. The Hall–Kier alpha value is -2.02. The fraction of sp³-hybridized carbons (Fsp3) is 0.364. The van der Waals surface area contributed by atoms with Crippen molar-refractivity contribution in [1.29, 1.82) is 0 Å². The lowest BCUT2D eigenvalue weighted by Crippen LogP contribution is -2.30. The van der Waals surface area contributed by atoms with Crippen molar-refractivity contribution in [2.24, 2.45) is 0 Å². The Morgan fingerprint density at radius 3 is 2.72 bits per heavy atom. The maximum atomic E-state index is 12.8. The molecule has 2 heterocycles. The van der Waals surface area contributed by atoms with Crippen molar-refractivity contribution in [3.8, 4) is 0 Å². The van der Waals surface area contributed by atoms with Crippen LogP contribution in [0.15, 0.2) is 18.2 Å². The molecule has 18 heavy (non-hydrogen) atoms. The number of hydrogen-bond acceptors (Lipinski definition) is 4. The number of carboxylic acids is 1. The average molecular weight is 254 g/mol. The molecule has 1 aromatic rings. The summed E-state index contributed by atoms with van der Waals surface area (Å²) in [5.74, 6) is -2.24. The van der Waals surface area contributed by atoms with E-state index in [-0.39, 0.29) is 12.2 Å². The Labute approximate surface area is 102 Å². The van der Waals surface area contributed by atoms with Gasteiger partial charge in [0.25, 0.3) is 5.91 Å². The molecule has 0 unspecified atom stereocenters. The molecule has 1 aliphatic heterocycles. The third-order valence-corrected chi connectivity index (χ3v) is 2.55. The van der Waals surface area contributed by atoms with Crippen molar-refractivity contribution in [2.75, 3.05) is 5.32 Å². The number of carboxylic acid groups (broad SMARTS) is 1. The smallest absolute Gasteiger partial charge is 0.332 e. The molecule has 1 amide bonds. The van der Waals surface area contributed by atoms with Crippen LogP contribution >= 0.6 is 0 Å². The summed E-state index contributed by atoms with van der Waals surface area (Å²) in [6, 6.07) is 4.00. The maximum Gasteiger partial charge on any atom is 0.332 e. The monoisotopic (exact) mass is 254 g/mol. The van der Waals surface area contributed by atoms with Gasteiger partial charge in [0.15, 0.2) is 6.10 Å². The van der Waals surface area contributed by atoms with Crippen LogP contribution in [-0.2, 0) is 14.3 Å². The summed E-state index contributed by atoms with van der Waals surface area (Å²) in [5.41, 5.74) is 0. The maximum absolute atomic E-state index is 12.8. The Kier molecular flexibility index (Phi) is 3.52. The number of rotatable bonds is 3. The second-order valence-electron chi connectivity index (χ2n) is 3.86. The van der Waals surface area contributed by atoms with Crippen molar-refractivity contribution in [3.63, 3.8) is 0 Å². The van der Waals surface area contributed by atoms with Gasteiger partial charge >= 0.3 is 5.97 Å². The molecule has 2 atom stereocenters. The Morgan fingerprint density at radius 1 is 1.39 bits per heavy atom. The van der Waals surface area contributed by atoms with Crippen molar-refractivity contribution in [1.82, 2.24) is 4.98 Å². The van der Waals surface area contributed by atoms with Crippen LogP contribution in [0.4, 0.5) is 10.2 Å². The molecule has 96 valence electrons. The fourth-order valence-corrected chi connectivity index (χ4v) is 1.70. The van der Waals surface area contributed by atoms with Crippen LogP contribution in [-0.4, -0.2) is 34.2 Å². The topological polar surface area (TPSA) is 88.5 Å². The van der Waals surface area contributed by atoms with Gasteiger partial charge in [-0.2, -0.15) is 4.39 Å². The van der Waals surface area contributed by atoms with E-state index in [9.17, 15) is 14.0 Å². The first-order valence-corrected chi connectivity index (χ1v) is 5.38. The minimum Gasteiger partial charge on any atom is -0.479 e. The van der Waals surface area contributed by atoms with Gasteiger partial charge in [0.05, 0.1) is 0 Å². The number of pyridine rings is 1. The zero-order valence-corrected chi connectivity index (χ0v) is 9.30. The number of halogens is 1. The number of carbonyl (C=O) groups excluding carboxylic acids is 1. The van der Waals surface area contributed by atoms with Gasteiger partial charge in [0.2, 0.25) is 5.95 Å². The number of nitrogens with zero attached hydrogens (tertiary/aromatic N) is 1. The van der Waals surface area contributed by atoms with Crippen LogP contribution in [0.3, 0.4) is 0 Å². The van der Waals surface area contributed by atoms with E-state index in [1.54, 1.807) is 0 Å². The van der Waals surface area contributed by atoms with Crippen molar-refractivity contribution in [2.45, 2.75) is 25.0 Å². The van der Waals surface area contributed by atoms with E-state index in [1.165, 1.54) is 12.1 Å². The minimum atomic E-state index is -1.09. The molecule has 1 fully saturated rings. The molecule has 0 spiro atoms. The van der Waals surface area contributed by atoms with E-state index < -0.39 is 30.0 Å². The highest BCUT2D eigenvalue weighted by atomic mass is 19.1. The predicted molar refractivity (Wildman–Crippen MR) is 58.4 cm³/mol. The Morgan fingerprint density at radius 2 is 2.11 bits per heavy atom. The summed E-state index contributed by atoms with van der Waals surface area (Å²) in [7, 11) is 0. The molecular weight excluding hydrogens is 243 g/mol. The highest BCUT2D eigenvalue weighted by Crippen LogP contribution is 2.21. The Balaban J connectivity index is 1.95. The fourth-order valence-electron chi connectivity index (χ4n) is 1.70. The summed E-state index contributed by atoms with van der Waals surface area (Å²) >= 11 is 0. The number of hydrogen-bond donors (Lipinski definition) is 2. The first-order chi connectivity index (χ1) is 8.56. The number of nitrogens with one attached hydrogen (secondary N) is 1. The van der Waals surface area contributed by atoms with Crippen LogP contribution in [0.5, 0.6) is 0 Å². The molecule has 1 aromatic heterocycles. The quantitative estimate of drug-likeness (QED) is 0.778. The van der Waals surface area contributed by atoms with Crippen molar-refractivity contribution in [3.05, 3.63) is 24.1 Å². The SMILES string of the molecule is O=C(Nc1cccc(F)n1)[C@@H]1CC[C@H](C(=O)O)O1. The normalized spacial score (nSPS) is 22.7. The highest BCUT2D eigenvalue weighted by Gasteiger charge is 2.34. The largest absolute Gasteiger partial charge is 0.479 e. The number of aromatic nitrogens is 1. The van der Waals surface area contributed by atoms with E-state index in [2.05, 4.69) is 10.3 Å². The van der Waals surface area contributed by atoms with Crippen LogP contribution in [0.1, 0.15) is 12.8 Å². The van der Waals surface area contributed by atoms with Gasteiger partial charge in [-0.05, 0) is 25.0 Å². The number of anilines is 1. The third-order valence-electron chi connectivity index (χ3n) is 2.55. The first kappa shape index (κ1) is 12.4. The van der Waals surface area contributed by atoms with E-state index in [4.69, 9.17) is 9.84 Å². The van der Waals surface area contributed by atoms with E-state index >= 15 is 0 Å². The second-order valence-corrected chi connectivity index (χ2v) is 3.86. The number of amides is 1. The summed E-state index contributed by atoms with van der Waals surface area (Å²) < 4.78 is 17.8. The summed E-state index contributed by atoms with van der Waals surface area (Å²) in [6.45, 7) is 0. The number of ether oxygens (including phenoxy) is 1. The number of aliphatic carboxylic acids is 1. The molecule has 7 heteroatoms. The molecule has 0 bridgehead atoms. The summed E-state index contributed by atoms with van der Waals surface area (Å²) in [5, 5.41) is 11.1. The van der Waals surface area contributed by atoms with E-state index in [0.717, 1.165) is 6.07 Å². The van der Waals surface area contributed by atoms with Crippen LogP contribution < -0.4 is 5.32 Å². The van der Waals surface area contributed by atoms with Crippen molar-refractivity contribution >= 4 is 17.7 Å². The van der Waals surface area contributed by atoms with Gasteiger partial charge in [0.1, 0.15) is 11.9 Å². The number of carbonyl (C=O) groups is 2. The molecule has 0 aliphatic carbocycles. The second kappa shape index (κ2) is 5.09. The van der Waals surface area contributed by atoms with Gasteiger partial charge in [-0.1, -0.05) is 6.07 Å². The van der Waals surface area contributed by atoms with Crippen LogP contribution in [0.25, 0.3) is 0 Å².